The lowest BCUT2D eigenvalue weighted by molar-refractivity contribution is 0.184. The summed E-state index contributed by atoms with van der Waals surface area (Å²) >= 11 is 0. The van der Waals surface area contributed by atoms with Gasteiger partial charge in [0.25, 0.3) is 5.56 Å². The smallest absolute Gasteiger partial charge is 0.332 e. The highest BCUT2D eigenvalue weighted by atomic mass is 16.5. The molecule has 0 radical (unpaired) electrons. The summed E-state index contributed by atoms with van der Waals surface area (Å²) in [7, 11) is 3.17. The van der Waals surface area contributed by atoms with Gasteiger partial charge in [-0.05, 0) is 12.5 Å². The van der Waals surface area contributed by atoms with E-state index < -0.39 is 5.69 Å². The van der Waals surface area contributed by atoms with Gasteiger partial charge in [-0.1, -0.05) is 30.3 Å². The Morgan fingerprint density at radius 2 is 1.85 bits per heavy atom. The third kappa shape index (κ3) is 2.69. The van der Waals surface area contributed by atoms with Gasteiger partial charge in [0.05, 0.1) is 19.7 Å². The Bertz CT molecular complexity index is 1240. The number of ether oxygens (including phenoxy) is 1. The Balaban J connectivity index is 1.97. The van der Waals surface area contributed by atoms with Crippen molar-refractivity contribution in [2.24, 2.45) is 7.05 Å². The third-order valence-corrected chi connectivity index (χ3v) is 4.84. The Morgan fingerprint density at radius 1 is 1.11 bits per heavy atom. The summed E-state index contributed by atoms with van der Waals surface area (Å²) in [4.78, 5) is 30.2. The van der Waals surface area contributed by atoms with Crippen LogP contribution >= 0.6 is 0 Å². The zero-order valence-electron chi connectivity index (χ0n) is 15.5. The molecule has 0 bridgehead atoms. The van der Waals surface area contributed by atoms with E-state index in [-0.39, 0.29) is 18.7 Å². The van der Waals surface area contributed by atoms with E-state index in [0.717, 1.165) is 11.3 Å². The Kier molecular flexibility index (Phi) is 4.19. The normalized spacial score (nSPS) is 11.7. The molecular formula is C19H21N5O3. The molecule has 4 aromatic rings. The van der Waals surface area contributed by atoms with Crippen LogP contribution in [0.3, 0.4) is 0 Å². The van der Waals surface area contributed by atoms with Crippen molar-refractivity contribution in [3.8, 4) is 0 Å². The fraction of sp³-hybridized carbons (Fsp3) is 0.316. The molecule has 1 aromatic carbocycles. The quantitative estimate of drug-likeness (QED) is 0.530. The second-order valence-electron chi connectivity index (χ2n) is 6.59. The van der Waals surface area contributed by atoms with E-state index in [4.69, 9.17) is 4.74 Å². The van der Waals surface area contributed by atoms with Crippen molar-refractivity contribution >= 4 is 16.9 Å². The predicted octanol–water partition coefficient (Wildman–Crippen LogP) is 1.15. The Labute approximate surface area is 154 Å². The monoisotopic (exact) mass is 367 g/mol. The number of rotatable bonds is 5. The van der Waals surface area contributed by atoms with Crippen LogP contribution < -0.4 is 11.2 Å². The van der Waals surface area contributed by atoms with Crippen molar-refractivity contribution < 1.29 is 4.74 Å². The molecule has 0 atom stereocenters. The molecule has 0 N–H and O–H groups in total. The lowest BCUT2D eigenvalue weighted by Crippen LogP contribution is -2.40. The number of aryl methyl sites for hydroxylation is 2. The lowest BCUT2D eigenvalue weighted by atomic mass is 10.2. The first-order valence-corrected chi connectivity index (χ1v) is 8.73. The second-order valence-corrected chi connectivity index (χ2v) is 6.59. The van der Waals surface area contributed by atoms with Gasteiger partial charge in [-0.25, -0.2) is 4.79 Å². The van der Waals surface area contributed by atoms with Crippen LogP contribution in [0.1, 0.15) is 11.3 Å². The zero-order chi connectivity index (χ0) is 19.1. The molecule has 0 fully saturated rings. The number of imidazole rings is 2. The Morgan fingerprint density at radius 3 is 2.56 bits per heavy atom. The van der Waals surface area contributed by atoms with Gasteiger partial charge in [0, 0.05) is 26.0 Å². The highest BCUT2D eigenvalue weighted by Crippen LogP contribution is 2.17. The minimum atomic E-state index is -0.392. The molecule has 27 heavy (non-hydrogen) atoms. The summed E-state index contributed by atoms with van der Waals surface area (Å²) in [6, 6.07) is 10.1. The highest BCUT2D eigenvalue weighted by molar-refractivity contribution is 5.75. The molecule has 0 saturated carbocycles. The predicted molar refractivity (Wildman–Crippen MR) is 102 cm³/mol. The lowest BCUT2D eigenvalue weighted by Gasteiger charge is -2.07. The molecule has 0 saturated heterocycles. The van der Waals surface area contributed by atoms with Crippen LogP contribution in [0.15, 0.2) is 46.1 Å². The SMILES string of the molecule is COCCn1c(=O)c2c(nc3n(Cc4ccccc4)c(C)cn23)n(C)c1=O. The van der Waals surface area contributed by atoms with Gasteiger partial charge >= 0.3 is 5.69 Å². The first-order chi connectivity index (χ1) is 13.0. The van der Waals surface area contributed by atoms with Crippen molar-refractivity contribution in [2.75, 3.05) is 13.7 Å². The number of hydrogen-bond acceptors (Lipinski definition) is 4. The number of aromatic nitrogens is 5. The summed E-state index contributed by atoms with van der Waals surface area (Å²) in [6.45, 7) is 3.11. The number of hydrogen-bond donors (Lipinski definition) is 0. The van der Waals surface area contributed by atoms with Crippen molar-refractivity contribution in [1.29, 1.82) is 0 Å². The largest absolute Gasteiger partial charge is 0.383 e. The van der Waals surface area contributed by atoms with E-state index in [1.54, 1.807) is 11.4 Å². The molecule has 3 heterocycles. The number of benzene rings is 1. The van der Waals surface area contributed by atoms with E-state index >= 15 is 0 Å². The summed E-state index contributed by atoms with van der Waals surface area (Å²) in [5.74, 6) is 0.642. The van der Waals surface area contributed by atoms with Gasteiger partial charge in [0.2, 0.25) is 5.78 Å². The molecule has 3 aromatic heterocycles. The van der Waals surface area contributed by atoms with Crippen LogP contribution in [0.2, 0.25) is 0 Å². The fourth-order valence-corrected chi connectivity index (χ4v) is 3.40. The van der Waals surface area contributed by atoms with Gasteiger partial charge in [-0.15, -0.1) is 0 Å². The molecule has 0 aliphatic carbocycles. The minimum Gasteiger partial charge on any atom is -0.383 e. The average molecular weight is 367 g/mol. The standard InChI is InChI=1S/C19H21N5O3/c1-13-11-24-15-16(21(2)19(26)22(17(15)25)9-10-27-3)20-18(24)23(13)12-14-7-5-4-6-8-14/h4-8,11H,9-10,12H2,1-3H3. The zero-order valence-corrected chi connectivity index (χ0v) is 15.5. The highest BCUT2D eigenvalue weighted by Gasteiger charge is 2.20. The van der Waals surface area contributed by atoms with Gasteiger partial charge in [0.1, 0.15) is 0 Å². The van der Waals surface area contributed by atoms with E-state index in [9.17, 15) is 9.59 Å². The summed E-state index contributed by atoms with van der Waals surface area (Å²) in [6.07, 6.45) is 1.89. The maximum atomic E-state index is 13.0. The fourth-order valence-electron chi connectivity index (χ4n) is 3.40. The van der Waals surface area contributed by atoms with Crippen molar-refractivity contribution in [3.63, 3.8) is 0 Å². The average Bonchev–Trinajstić information content (AvgIpc) is 3.17. The summed E-state index contributed by atoms with van der Waals surface area (Å²) < 4.78 is 11.5. The van der Waals surface area contributed by atoms with Gasteiger partial charge in [-0.2, -0.15) is 4.98 Å². The minimum absolute atomic E-state index is 0.203. The molecular weight excluding hydrogens is 346 g/mol. The summed E-state index contributed by atoms with van der Waals surface area (Å²) in [5, 5.41) is 0. The van der Waals surface area contributed by atoms with Crippen LogP contribution in [-0.4, -0.2) is 36.8 Å². The Hall–Kier alpha value is -3.13. The molecule has 140 valence electrons. The van der Waals surface area contributed by atoms with Crippen LogP contribution in [0.25, 0.3) is 16.9 Å². The van der Waals surface area contributed by atoms with E-state index in [0.29, 0.717) is 23.5 Å². The number of fused-ring (bicyclic) bond motifs is 3. The maximum absolute atomic E-state index is 13.0. The van der Waals surface area contributed by atoms with Crippen molar-refractivity contribution in [2.45, 2.75) is 20.0 Å². The van der Waals surface area contributed by atoms with E-state index in [1.165, 1.54) is 16.2 Å². The number of methoxy groups -OCH3 is 1. The van der Waals surface area contributed by atoms with Crippen LogP contribution in [0.4, 0.5) is 0 Å². The number of nitrogens with zero attached hydrogens (tertiary/aromatic N) is 5. The molecule has 0 aliphatic rings. The third-order valence-electron chi connectivity index (χ3n) is 4.84. The van der Waals surface area contributed by atoms with E-state index in [2.05, 4.69) is 4.98 Å². The van der Waals surface area contributed by atoms with Crippen LogP contribution in [0, 0.1) is 6.92 Å². The van der Waals surface area contributed by atoms with Gasteiger partial charge in [0.15, 0.2) is 11.2 Å². The first kappa shape index (κ1) is 17.3. The second kappa shape index (κ2) is 6.55. The van der Waals surface area contributed by atoms with Crippen molar-refractivity contribution in [3.05, 3.63) is 68.6 Å². The molecule has 8 nitrogen and oxygen atoms in total. The molecule has 4 rings (SSSR count). The maximum Gasteiger partial charge on any atom is 0.332 e. The van der Waals surface area contributed by atoms with Gasteiger partial charge < -0.3 is 9.30 Å². The summed E-state index contributed by atoms with van der Waals surface area (Å²) in [5.41, 5.74) is 2.16. The van der Waals surface area contributed by atoms with Crippen LogP contribution in [-0.2, 0) is 24.9 Å². The molecule has 0 unspecified atom stereocenters. The van der Waals surface area contributed by atoms with Crippen molar-refractivity contribution in [1.82, 2.24) is 23.1 Å². The molecule has 0 aliphatic heterocycles. The molecule has 8 heteroatoms. The van der Waals surface area contributed by atoms with Gasteiger partial charge in [-0.3, -0.25) is 18.3 Å². The first-order valence-electron chi connectivity index (χ1n) is 8.73. The van der Waals surface area contributed by atoms with Crippen LogP contribution in [0.5, 0.6) is 0 Å². The molecule has 0 amide bonds. The molecule has 0 spiro atoms. The van der Waals surface area contributed by atoms with E-state index in [1.807, 2.05) is 48.0 Å². The topological polar surface area (TPSA) is 75.5 Å².